The van der Waals surface area contributed by atoms with Crippen molar-refractivity contribution in [2.24, 2.45) is 0 Å². The first-order valence-electron chi connectivity index (χ1n) is 6.67. The highest BCUT2D eigenvalue weighted by Gasteiger charge is 2.01. The van der Waals surface area contributed by atoms with Crippen LogP contribution in [-0.4, -0.2) is 10.9 Å². The summed E-state index contributed by atoms with van der Waals surface area (Å²) < 4.78 is 5.57. The quantitative estimate of drug-likeness (QED) is 0.648. The molecular weight excluding hydrogens is 300 g/mol. The number of benzene rings is 1. The van der Waals surface area contributed by atoms with Crippen LogP contribution >= 0.6 is 11.6 Å². The van der Waals surface area contributed by atoms with E-state index in [9.17, 15) is 4.79 Å². The molecule has 0 fully saturated rings. The van der Waals surface area contributed by atoms with Gasteiger partial charge in [0.15, 0.2) is 0 Å². The Bertz CT molecular complexity index is 677. The number of nitrogens with zero attached hydrogens (tertiary/aromatic N) is 1. The molecule has 2 rings (SSSR count). The second-order valence-electron chi connectivity index (χ2n) is 4.32. The Morgan fingerprint density at radius 1 is 1.18 bits per heavy atom. The molecule has 0 saturated carbocycles. The number of nitrogens with one attached hydrogen (secondary N) is 1. The molecule has 22 heavy (non-hydrogen) atoms. The molecule has 0 spiro atoms. The van der Waals surface area contributed by atoms with Gasteiger partial charge in [-0.2, -0.15) is 0 Å². The molecule has 4 nitrogen and oxygen atoms in total. The molecule has 1 aromatic heterocycles. The number of halogens is 1. The fraction of sp³-hybridized carbons (Fsp3) is 0.0588. The van der Waals surface area contributed by atoms with Gasteiger partial charge in [-0.25, -0.2) is 4.98 Å². The molecule has 0 aliphatic rings. The molecule has 2 aromatic rings. The van der Waals surface area contributed by atoms with Gasteiger partial charge < -0.3 is 10.1 Å². The highest BCUT2D eigenvalue weighted by Crippen LogP contribution is 2.22. The van der Waals surface area contributed by atoms with E-state index in [1.54, 1.807) is 48.6 Å². The number of aromatic nitrogens is 1. The lowest BCUT2D eigenvalue weighted by Gasteiger charge is -2.06. The minimum Gasteiger partial charge on any atom is -0.439 e. The number of anilines is 1. The van der Waals surface area contributed by atoms with Gasteiger partial charge in [-0.15, -0.1) is 0 Å². The second kappa shape index (κ2) is 8.00. The third kappa shape index (κ3) is 5.07. The Balaban J connectivity index is 1.95. The van der Waals surface area contributed by atoms with Crippen LogP contribution < -0.4 is 10.1 Å². The van der Waals surface area contributed by atoms with E-state index in [0.717, 1.165) is 0 Å². The van der Waals surface area contributed by atoms with Crippen molar-refractivity contribution in [2.45, 2.75) is 6.92 Å². The number of carbonyl (C=O) groups excluding carboxylic acids is 1. The van der Waals surface area contributed by atoms with Crippen molar-refractivity contribution in [3.05, 3.63) is 71.9 Å². The topological polar surface area (TPSA) is 51.2 Å². The lowest BCUT2D eigenvalue weighted by Crippen LogP contribution is -2.07. The standard InChI is InChI=1S/C17H15ClN2O2/c1-2-3-4-5-16(21)20-14-8-11-17(19-12-14)22-15-9-6-13(18)7-10-15/h2-12H,1H3,(H,20,21). The van der Waals surface area contributed by atoms with Crippen molar-refractivity contribution >= 4 is 23.2 Å². The van der Waals surface area contributed by atoms with Gasteiger partial charge in [-0.1, -0.05) is 29.8 Å². The summed E-state index contributed by atoms with van der Waals surface area (Å²) >= 11 is 5.81. The Labute approximate surface area is 134 Å². The summed E-state index contributed by atoms with van der Waals surface area (Å²) in [6, 6.07) is 10.4. The van der Waals surface area contributed by atoms with Crippen molar-refractivity contribution in [1.29, 1.82) is 0 Å². The molecule has 0 unspecified atom stereocenters. The summed E-state index contributed by atoms with van der Waals surface area (Å²) in [4.78, 5) is 15.7. The van der Waals surface area contributed by atoms with Crippen molar-refractivity contribution in [2.75, 3.05) is 5.32 Å². The molecule has 112 valence electrons. The largest absolute Gasteiger partial charge is 0.439 e. The van der Waals surface area contributed by atoms with Gasteiger partial charge in [0.2, 0.25) is 11.8 Å². The average Bonchev–Trinajstić information content (AvgIpc) is 2.52. The van der Waals surface area contributed by atoms with Crippen LogP contribution in [0.5, 0.6) is 11.6 Å². The number of hydrogen-bond donors (Lipinski definition) is 1. The number of rotatable bonds is 5. The van der Waals surface area contributed by atoms with Gasteiger partial charge in [-0.3, -0.25) is 4.79 Å². The third-order valence-electron chi connectivity index (χ3n) is 2.59. The first-order chi connectivity index (χ1) is 10.7. The number of ether oxygens (including phenoxy) is 1. The molecule has 0 radical (unpaired) electrons. The Hall–Kier alpha value is -2.59. The summed E-state index contributed by atoms with van der Waals surface area (Å²) in [6.45, 7) is 1.88. The van der Waals surface area contributed by atoms with Crippen molar-refractivity contribution in [3.63, 3.8) is 0 Å². The van der Waals surface area contributed by atoms with Crippen LogP contribution in [0.4, 0.5) is 5.69 Å². The number of hydrogen-bond acceptors (Lipinski definition) is 3. The summed E-state index contributed by atoms with van der Waals surface area (Å²) in [5, 5.41) is 3.35. The van der Waals surface area contributed by atoms with Gasteiger partial charge in [0, 0.05) is 17.2 Å². The molecule has 5 heteroatoms. The lowest BCUT2D eigenvalue weighted by atomic mass is 10.3. The van der Waals surface area contributed by atoms with Crippen LogP contribution in [0.25, 0.3) is 0 Å². The van der Waals surface area contributed by atoms with Crippen molar-refractivity contribution < 1.29 is 9.53 Å². The van der Waals surface area contributed by atoms with E-state index in [2.05, 4.69) is 10.3 Å². The monoisotopic (exact) mass is 314 g/mol. The maximum atomic E-state index is 11.6. The fourth-order valence-electron chi connectivity index (χ4n) is 1.58. The van der Waals surface area contributed by atoms with E-state index in [4.69, 9.17) is 16.3 Å². The highest BCUT2D eigenvalue weighted by molar-refractivity contribution is 6.30. The lowest BCUT2D eigenvalue weighted by molar-refractivity contribution is -0.111. The smallest absolute Gasteiger partial charge is 0.248 e. The van der Waals surface area contributed by atoms with Gasteiger partial charge in [0.05, 0.1) is 11.9 Å². The van der Waals surface area contributed by atoms with Crippen LogP contribution in [0.15, 0.2) is 66.9 Å². The van der Waals surface area contributed by atoms with Crippen molar-refractivity contribution in [1.82, 2.24) is 4.98 Å². The van der Waals surface area contributed by atoms with E-state index in [1.165, 1.54) is 12.3 Å². The third-order valence-corrected chi connectivity index (χ3v) is 2.84. The van der Waals surface area contributed by atoms with E-state index in [0.29, 0.717) is 22.3 Å². The molecule has 1 amide bonds. The Morgan fingerprint density at radius 3 is 2.59 bits per heavy atom. The molecular formula is C17H15ClN2O2. The zero-order chi connectivity index (χ0) is 15.8. The van der Waals surface area contributed by atoms with E-state index < -0.39 is 0 Å². The second-order valence-corrected chi connectivity index (χ2v) is 4.75. The SMILES string of the molecule is CC=CC=CC(=O)Nc1ccc(Oc2ccc(Cl)cc2)nc1. The summed E-state index contributed by atoms with van der Waals surface area (Å²) in [7, 11) is 0. The average molecular weight is 315 g/mol. The first kappa shape index (κ1) is 15.8. The van der Waals surface area contributed by atoms with Crippen LogP contribution in [-0.2, 0) is 4.79 Å². The number of amides is 1. The summed E-state index contributed by atoms with van der Waals surface area (Å²) in [6.07, 6.45) is 8.26. The Kier molecular flexibility index (Phi) is 5.74. The van der Waals surface area contributed by atoms with Crippen LogP contribution in [0, 0.1) is 0 Å². The zero-order valence-corrected chi connectivity index (χ0v) is 12.7. The van der Waals surface area contributed by atoms with Gasteiger partial charge in [-0.05, 0) is 37.3 Å². The summed E-state index contributed by atoms with van der Waals surface area (Å²) in [5.74, 6) is 0.860. The molecule has 1 heterocycles. The minimum atomic E-state index is -0.216. The Morgan fingerprint density at radius 2 is 1.95 bits per heavy atom. The van der Waals surface area contributed by atoms with Gasteiger partial charge in [0.1, 0.15) is 5.75 Å². The molecule has 1 N–H and O–H groups in total. The van der Waals surface area contributed by atoms with E-state index in [1.807, 2.05) is 13.0 Å². The number of pyridine rings is 1. The molecule has 0 saturated heterocycles. The fourth-order valence-corrected chi connectivity index (χ4v) is 1.70. The zero-order valence-electron chi connectivity index (χ0n) is 12.0. The summed E-state index contributed by atoms with van der Waals surface area (Å²) in [5.41, 5.74) is 0.596. The van der Waals surface area contributed by atoms with Crippen molar-refractivity contribution in [3.8, 4) is 11.6 Å². The first-order valence-corrected chi connectivity index (χ1v) is 7.05. The van der Waals surface area contributed by atoms with E-state index >= 15 is 0 Å². The number of carbonyl (C=O) groups is 1. The molecule has 0 atom stereocenters. The maximum absolute atomic E-state index is 11.6. The predicted molar refractivity (Wildman–Crippen MR) is 88.3 cm³/mol. The highest BCUT2D eigenvalue weighted by atomic mass is 35.5. The maximum Gasteiger partial charge on any atom is 0.248 e. The molecule has 0 bridgehead atoms. The molecule has 0 aliphatic heterocycles. The molecule has 0 aliphatic carbocycles. The predicted octanol–water partition coefficient (Wildman–Crippen LogP) is 4.60. The van der Waals surface area contributed by atoms with Crippen LogP contribution in [0.2, 0.25) is 5.02 Å². The van der Waals surface area contributed by atoms with Crippen LogP contribution in [0.1, 0.15) is 6.92 Å². The van der Waals surface area contributed by atoms with Gasteiger partial charge >= 0.3 is 0 Å². The van der Waals surface area contributed by atoms with E-state index in [-0.39, 0.29) is 5.91 Å². The van der Waals surface area contributed by atoms with Crippen LogP contribution in [0.3, 0.4) is 0 Å². The minimum absolute atomic E-state index is 0.216. The number of allylic oxidation sites excluding steroid dienone is 3. The van der Waals surface area contributed by atoms with Gasteiger partial charge in [0.25, 0.3) is 0 Å². The molecule has 1 aromatic carbocycles. The normalized spacial score (nSPS) is 11.0.